The van der Waals surface area contributed by atoms with Gasteiger partial charge in [-0.05, 0) is 56.7 Å². The molecule has 9 heteroatoms. The number of hydrogen-bond donors (Lipinski definition) is 1. The molecule has 0 aliphatic carbocycles. The van der Waals surface area contributed by atoms with Crippen molar-refractivity contribution in [2.45, 2.75) is 51.1 Å². The number of carbonyl (C=O) groups is 3. The number of nitrogens with one attached hydrogen (secondary N) is 1. The second-order valence-electron chi connectivity index (χ2n) is 8.32. The largest absolute Gasteiger partial charge is 0.419 e. The lowest BCUT2D eigenvalue weighted by Gasteiger charge is -2.41. The summed E-state index contributed by atoms with van der Waals surface area (Å²) in [5, 5.41) is 2.80. The fourth-order valence-electron chi connectivity index (χ4n) is 3.64. The fraction of sp³-hybridized carbons (Fsp3) is 0.444. The Morgan fingerprint density at radius 1 is 0.972 bits per heavy atom. The summed E-state index contributed by atoms with van der Waals surface area (Å²) < 4.78 is 51.9. The molecule has 36 heavy (non-hydrogen) atoms. The van der Waals surface area contributed by atoms with Crippen LogP contribution < -0.4 is 5.32 Å². The van der Waals surface area contributed by atoms with Crippen molar-refractivity contribution in [1.82, 2.24) is 10.2 Å². The molecule has 1 aliphatic heterocycles. The first-order valence-corrected chi connectivity index (χ1v) is 11.6. The van der Waals surface area contributed by atoms with Gasteiger partial charge in [0.05, 0.1) is 5.56 Å². The zero-order valence-corrected chi connectivity index (χ0v) is 21.2. The van der Waals surface area contributed by atoms with Crippen LogP contribution in [0.3, 0.4) is 0 Å². The predicted octanol–water partition coefficient (Wildman–Crippen LogP) is 5.67. The van der Waals surface area contributed by atoms with Gasteiger partial charge < -0.3 is 19.8 Å². The highest BCUT2D eigenvalue weighted by molar-refractivity contribution is 5.94. The van der Waals surface area contributed by atoms with E-state index in [2.05, 4.69) is 24.1 Å². The van der Waals surface area contributed by atoms with Crippen LogP contribution in [0.25, 0.3) is 0 Å². The van der Waals surface area contributed by atoms with Crippen LogP contribution in [0, 0.1) is 5.82 Å². The highest BCUT2D eigenvalue weighted by atomic mass is 19.4. The monoisotopic (exact) mass is 512 g/mol. The number of hydrogen-bond acceptors (Lipinski definition) is 4. The van der Waals surface area contributed by atoms with E-state index < -0.39 is 23.5 Å². The minimum atomic E-state index is -4.79. The molecule has 0 atom stereocenters. The molecule has 2 aromatic carbocycles. The van der Waals surface area contributed by atoms with Gasteiger partial charge in [-0.2, -0.15) is 13.2 Å². The van der Waals surface area contributed by atoms with Crippen molar-refractivity contribution in [1.29, 1.82) is 0 Å². The lowest BCUT2D eigenvalue weighted by Crippen LogP contribution is -2.48. The fourth-order valence-corrected chi connectivity index (χ4v) is 3.64. The number of nitrogens with zero attached hydrogens (tertiary/aromatic N) is 1. The van der Waals surface area contributed by atoms with E-state index >= 15 is 0 Å². The van der Waals surface area contributed by atoms with Crippen molar-refractivity contribution in [2.24, 2.45) is 0 Å². The summed E-state index contributed by atoms with van der Waals surface area (Å²) in [6, 6.07) is 12.1. The quantitative estimate of drug-likeness (QED) is 0.524. The van der Waals surface area contributed by atoms with E-state index in [0.29, 0.717) is 18.7 Å². The number of amides is 1. The molecular weight excluding hydrogens is 476 g/mol. The maximum atomic E-state index is 13.8. The van der Waals surface area contributed by atoms with Gasteiger partial charge in [-0.25, -0.2) is 4.39 Å². The molecule has 1 heterocycles. The Labute approximate surface area is 210 Å². The van der Waals surface area contributed by atoms with E-state index in [0.717, 1.165) is 37.6 Å². The molecule has 2 aromatic rings. The third-order valence-corrected chi connectivity index (χ3v) is 5.95. The van der Waals surface area contributed by atoms with Crippen molar-refractivity contribution in [3.63, 3.8) is 0 Å². The number of benzene rings is 2. The average molecular weight is 513 g/mol. The van der Waals surface area contributed by atoms with Crippen molar-refractivity contribution < 1.29 is 31.9 Å². The summed E-state index contributed by atoms with van der Waals surface area (Å²) in [6.45, 7) is 10.5. The lowest BCUT2D eigenvalue weighted by molar-refractivity contribution is -0.140. The highest BCUT2D eigenvalue weighted by Crippen LogP contribution is 2.35. The number of carbonyl (C=O) groups excluding carboxylic acids is 3. The molecule has 200 valence electrons. The van der Waals surface area contributed by atoms with Gasteiger partial charge in [-0.1, -0.05) is 57.0 Å². The Morgan fingerprint density at radius 3 is 1.94 bits per heavy atom. The summed E-state index contributed by atoms with van der Waals surface area (Å²) in [5.41, 5.74) is -0.641. The van der Waals surface area contributed by atoms with Gasteiger partial charge in [-0.15, -0.1) is 0 Å². The number of alkyl halides is 3. The van der Waals surface area contributed by atoms with E-state index in [1.54, 1.807) is 0 Å². The molecule has 1 N–H and O–H groups in total. The molecule has 5 nitrogen and oxygen atoms in total. The lowest BCUT2D eigenvalue weighted by atomic mass is 9.72. The topological polar surface area (TPSA) is 66.5 Å². The molecule has 0 radical (unpaired) electrons. The van der Waals surface area contributed by atoms with Gasteiger partial charge in [0, 0.05) is 17.5 Å². The maximum absolute atomic E-state index is 13.8. The van der Waals surface area contributed by atoms with Crippen LogP contribution in [0.15, 0.2) is 48.5 Å². The Bertz CT molecular complexity index is 896. The Kier molecular flexibility index (Phi) is 15.2. The molecule has 1 amide bonds. The average Bonchev–Trinajstić information content (AvgIpc) is 2.90. The predicted molar refractivity (Wildman–Crippen MR) is 133 cm³/mol. The molecular formula is C27H36F4N2O3. The van der Waals surface area contributed by atoms with Crippen LogP contribution in [0.4, 0.5) is 17.6 Å². The number of likely N-dealkylation sites (tertiary alicyclic amines) is 1. The van der Waals surface area contributed by atoms with Gasteiger partial charge in [0.2, 0.25) is 0 Å². The first-order valence-electron chi connectivity index (χ1n) is 11.6. The van der Waals surface area contributed by atoms with Gasteiger partial charge in [0.25, 0.3) is 5.91 Å². The van der Waals surface area contributed by atoms with Crippen LogP contribution in [-0.4, -0.2) is 51.1 Å². The Morgan fingerprint density at radius 2 is 1.50 bits per heavy atom. The summed E-state index contributed by atoms with van der Waals surface area (Å²) in [5.74, 6) is -2.03. The molecule has 3 rings (SSSR count). The van der Waals surface area contributed by atoms with Crippen molar-refractivity contribution >= 4 is 19.5 Å². The summed E-state index contributed by atoms with van der Waals surface area (Å²) in [4.78, 5) is 30.7. The third-order valence-electron chi connectivity index (χ3n) is 5.95. The van der Waals surface area contributed by atoms with Crippen LogP contribution in [0.1, 0.15) is 61.0 Å². The molecule has 0 aromatic heterocycles. The first kappa shape index (κ1) is 32.9. The molecule has 0 bridgehead atoms. The molecule has 0 spiro atoms. The zero-order chi connectivity index (χ0) is 27.8. The smallest absolute Gasteiger partial charge is 0.351 e. The van der Waals surface area contributed by atoms with E-state index in [1.807, 2.05) is 51.0 Å². The number of halogens is 4. The molecule has 0 unspecified atom stereocenters. The van der Waals surface area contributed by atoms with E-state index in [1.165, 1.54) is 12.8 Å². The van der Waals surface area contributed by atoms with Crippen molar-refractivity contribution in [2.75, 3.05) is 26.7 Å². The van der Waals surface area contributed by atoms with Crippen LogP contribution in [-0.2, 0) is 21.2 Å². The standard InChI is InChI=1S/C21H22F4N2O.C4H10.2CH2O/c1-27-11-9-20(10-12-27,16-5-3-2-4-6-16)14-26-19(28)15-7-8-17(18(22)13-15)21(23,24)25;1-3-4-2;2*1-2/h2-8,13H,9-12,14H2,1H3,(H,26,28);3-4H2,1-2H3;2*1H2. The van der Waals surface area contributed by atoms with Crippen LogP contribution in [0.2, 0.25) is 0 Å². The normalized spacial score (nSPS) is 14.5. The SMILES string of the molecule is C=O.C=O.CCCC.CN1CCC(CNC(=O)c2ccc(C(F)(F)F)c(F)c2)(c2ccccc2)CC1. The number of piperidine rings is 1. The summed E-state index contributed by atoms with van der Waals surface area (Å²) >= 11 is 0. The van der Waals surface area contributed by atoms with Crippen LogP contribution in [0.5, 0.6) is 0 Å². The number of rotatable bonds is 5. The Hall–Kier alpha value is -3.07. The van der Waals surface area contributed by atoms with E-state index in [4.69, 9.17) is 9.59 Å². The molecule has 1 aliphatic rings. The second-order valence-corrected chi connectivity index (χ2v) is 8.32. The van der Waals surface area contributed by atoms with Crippen molar-refractivity contribution in [3.05, 3.63) is 71.0 Å². The van der Waals surface area contributed by atoms with Gasteiger partial charge in [0.1, 0.15) is 19.4 Å². The van der Waals surface area contributed by atoms with Gasteiger partial charge in [-0.3, -0.25) is 4.79 Å². The van der Waals surface area contributed by atoms with E-state index in [9.17, 15) is 22.4 Å². The van der Waals surface area contributed by atoms with Gasteiger partial charge >= 0.3 is 6.18 Å². The highest BCUT2D eigenvalue weighted by Gasteiger charge is 2.36. The van der Waals surface area contributed by atoms with Gasteiger partial charge in [0.15, 0.2) is 0 Å². The maximum Gasteiger partial charge on any atom is 0.419 e. The van der Waals surface area contributed by atoms with Crippen molar-refractivity contribution in [3.8, 4) is 0 Å². The minimum Gasteiger partial charge on any atom is -0.351 e. The molecule has 0 saturated carbocycles. The summed E-state index contributed by atoms with van der Waals surface area (Å²) in [6.07, 6.45) is -0.463. The molecule has 1 saturated heterocycles. The Balaban J connectivity index is 0.00000137. The van der Waals surface area contributed by atoms with Crippen LogP contribution >= 0.6 is 0 Å². The third kappa shape index (κ3) is 9.89. The molecule has 1 fully saturated rings. The van der Waals surface area contributed by atoms with E-state index in [-0.39, 0.29) is 11.0 Å². The number of unbranched alkanes of at least 4 members (excludes halogenated alkanes) is 1. The minimum absolute atomic E-state index is 0.123. The summed E-state index contributed by atoms with van der Waals surface area (Å²) in [7, 11) is 2.04. The second kappa shape index (κ2) is 16.6. The zero-order valence-electron chi connectivity index (χ0n) is 21.2. The first-order chi connectivity index (χ1) is 17.1.